The van der Waals surface area contributed by atoms with Crippen molar-refractivity contribution in [3.63, 3.8) is 0 Å². The second kappa shape index (κ2) is 3.30. The fraction of sp³-hybridized carbons (Fsp3) is 0.385. The van der Waals surface area contributed by atoms with Crippen molar-refractivity contribution in [2.45, 2.75) is 12.3 Å². The van der Waals surface area contributed by atoms with Gasteiger partial charge in [-0.3, -0.25) is 0 Å². The number of nitrogens with one attached hydrogen (secondary N) is 1. The van der Waals surface area contributed by atoms with E-state index in [0.29, 0.717) is 5.92 Å². The van der Waals surface area contributed by atoms with Crippen LogP contribution < -0.4 is 10.1 Å². The predicted molar refractivity (Wildman–Crippen MR) is 61.5 cm³/mol. The van der Waals surface area contributed by atoms with E-state index in [1.807, 2.05) is 6.07 Å². The molecule has 15 heavy (non-hydrogen) atoms. The van der Waals surface area contributed by atoms with E-state index < -0.39 is 0 Å². The summed E-state index contributed by atoms with van der Waals surface area (Å²) < 4.78 is 5.37. The number of hydrogen-bond acceptors (Lipinski definition) is 2. The smallest absolute Gasteiger partial charge is 0.142 e. The van der Waals surface area contributed by atoms with Gasteiger partial charge in [0.2, 0.25) is 0 Å². The summed E-state index contributed by atoms with van der Waals surface area (Å²) in [4.78, 5) is 0. The van der Waals surface area contributed by atoms with Gasteiger partial charge < -0.3 is 10.1 Å². The van der Waals surface area contributed by atoms with Crippen LogP contribution in [0.4, 0.5) is 5.69 Å². The van der Waals surface area contributed by atoms with E-state index >= 15 is 0 Å². The van der Waals surface area contributed by atoms with Crippen molar-refractivity contribution >= 4 is 5.69 Å². The number of fused-ring (bicyclic) bond motifs is 3. The van der Waals surface area contributed by atoms with Crippen LogP contribution in [-0.4, -0.2) is 13.7 Å². The Kier molecular flexibility index (Phi) is 1.94. The minimum absolute atomic E-state index is 0.594. The van der Waals surface area contributed by atoms with Crippen LogP contribution in [-0.2, 0) is 0 Å². The van der Waals surface area contributed by atoms with Crippen molar-refractivity contribution in [1.29, 1.82) is 0 Å². The van der Waals surface area contributed by atoms with E-state index in [4.69, 9.17) is 4.74 Å². The number of anilines is 1. The molecule has 2 atom stereocenters. The van der Waals surface area contributed by atoms with Gasteiger partial charge in [-0.1, -0.05) is 24.3 Å². The molecule has 78 valence electrons. The molecule has 1 N–H and O–H groups in total. The molecule has 0 bridgehead atoms. The van der Waals surface area contributed by atoms with Gasteiger partial charge in [-0.25, -0.2) is 0 Å². The van der Waals surface area contributed by atoms with Gasteiger partial charge in [0.25, 0.3) is 0 Å². The summed E-state index contributed by atoms with van der Waals surface area (Å²) in [5.74, 6) is 2.30. The largest absolute Gasteiger partial charge is 0.495 e. The molecule has 3 rings (SSSR count). The second-order valence-corrected chi connectivity index (χ2v) is 4.26. The van der Waals surface area contributed by atoms with Crippen molar-refractivity contribution < 1.29 is 4.74 Å². The Bertz CT molecular complexity index is 411. The molecule has 0 amide bonds. The summed E-state index contributed by atoms with van der Waals surface area (Å²) in [6.45, 7) is 1.06. The third kappa shape index (κ3) is 1.24. The first-order valence-corrected chi connectivity index (χ1v) is 5.47. The molecule has 0 aromatic heterocycles. The number of benzene rings is 1. The van der Waals surface area contributed by atoms with E-state index in [9.17, 15) is 0 Å². The maximum absolute atomic E-state index is 5.37. The summed E-state index contributed by atoms with van der Waals surface area (Å²) in [7, 11) is 1.73. The predicted octanol–water partition coefficient (Wildman–Crippen LogP) is 2.78. The third-order valence-corrected chi connectivity index (χ3v) is 3.47. The van der Waals surface area contributed by atoms with E-state index in [2.05, 4.69) is 29.6 Å². The van der Waals surface area contributed by atoms with Crippen LogP contribution in [0.5, 0.6) is 5.75 Å². The second-order valence-electron chi connectivity index (χ2n) is 4.26. The minimum atomic E-state index is 0.594. The Balaban J connectivity index is 2.10. The highest BCUT2D eigenvalue weighted by atomic mass is 16.5. The normalized spacial score (nSPS) is 26.7. The van der Waals surface area contributed by atoms with Gasteiger partial charge >= 0.3 is 0 Å². The lowest BCUT2D eigenvalue weighted by Crippen LogP contribution is -2.24. The van der Waals surface area contributed by atoms with Gasteiger partial charge in [-0.15, -0.1) is 0 Å². The Morgan fingerprint density at radius 3 is 3.20 bits per heavy atom. The molecule has 2 heteroatoms. The van der Waals surface area contributed by atoms with E-state index in [1.54, 1.807) is 7.11 Å². The lowest BCUT2D eigenvalue weighted by molar-refractivity contribution is 0.412. The van der Waals surface area contributed by atoms with Crippen molar-refractivity contribution in [2.75, 3.05) is 19.0 Å². The molecule has 2 aliphatic rings. The summed E-state index contributed by atoms with van der Waals surface area (Å²) in [5.41, 5.74) is 2.58. The molecule has 1 heterocycles. The minimum Gasteiger partial charge on any atom is -0.495 e. The summed E-state index contributed by atoms with van der Waals surface area (Å²) in [5, 5.41) is 3.49. The Hall–Kier alpha value is -1.44. The standard InChI is InChI=1S/C13H15NO/c1-15-12-7-3-6-11-10-5-2-4-9(10)8-14-13(11)12/h2-3,5-7,9-10,14H,4,8H2,1H3/t9-,10-/m1/s1. The maximum Gasteiger partial charge on any atom is 0.142 e. The third-order valence-electron chi connectivity index (χ3n) is 3.47. The molecule has 1 aromatic carbocycles. The molecule has 0 saturated carbocycles. The van der Waals surface area contributed by atoms with Crippen molar-refractivity contribution in [2.24, 2.45) is 5.92 Å². The Morgan fingerprint density at radius 2 is 2.33 bits per heavy atom. The number of para-hydroxylation sites is 1. The topological polar surface area (TPSA) is 21.3 Å². The van der Waals surface area contributed by atoms with E-state index in [-0.39, 0.29) is 0 Å². The average molecular weight is 201 g/mol. The van der Waals surface area contributed by atoms with Gasteiger partial charge in [0, 0.05) is 12.5 Å². The highest BCUT2D eigenvalue weighted by Crippen LogP contribution is 2.44. The highest BCUT2D eigenvalue weighted by molar-refractivity contribution is 5.66. The lowest BCUT2D eigenvalue weighted by Gasteiger charge is -2.30. The zero-order chi connectivity index (χ0) is 10.3. The molecule has 0 radical (unpaired) electrons. The SMILES string of the molecule is COc1cccc2c1NC[C@H]1CC=C[C@@H]21. The number of rotatable bonds is 1. The maximum atomic E-state index is 5.37. The summed E-state index contributed by atoms with van der Waals surface area (Å²) in [6, 6.07) is 6.30. The molecule has 1 aromatic rings. The quantitative estimate of drug-likeness (QED) is 0.705. The molecule has 0 unspecified atom stereocenters. The van der Waals surface area contributed by atoms with Crippen LogP contribution in [0, 0.1) is 5.92 Å². The van der Waals surface area contributed by atoms with Gasteiger partial charge in [0.05, 0.1) is 12.8 Å². The fourth-order valence-electron chi connectivity index (χ4n) is 2.69. The molecular weight excluding hydrogens is 186 g/mol. The van der Waals surface area contributed by atoms with Gasteiger partial charge in [-0.2, -0.15) is 0 Å². The Morgan fingerprint density at radius 1 is 1.40 bits per heavy atom. The molecule has 0 fully saturated rings. The van der Waals surface area contributed by atoms with Gasteiger partial charge in [-0.05, 0) is 24.0 Å². The highest BCUT2D eigenvalue weighted by Gasteiger charge is 2.31. The van der Waals surface area contributed by atoms with Crippen molar-refractivity contribution in [3.8, 4) is 5.75 Å². The Labute approximate surface area is 89.9 Å². The lowest BCUT2D eigenvalue weighted by atomic mass is 9.84. The summed E-state index contributed by atoms with van der Waals surface area (Å²) >= 11 is 0. The summed E-state index contributed by atoms with van der Waals surface area (Å²) in [6.07, 6.45) is 5.84. The molecule has 1 aliphatic heterocycles. The number of hydrogen-bond donors (Lipinski definition) is 1. The first kappa shape index (κ1) is 8.84. The van der Waals surface area contributed by atoms with Crippen LogP contribution in [0.2, 0.25) is 0 Å². The van der Waals surface area contributed by atoms with Crippen LogP contribution in [0.25, 0.3) is 0 Å². The number of ether oxygens (including phenoxy) is 1. The molecule has 0 saturated heterocycles. The van der Waals surface area contributed by atoms with Crippen LogP contribution in [0.15, 0.2) is 30.4 Å². The van der Waals surface area contributed by atoms with E-state index in [0.717, 1.165) is 18.2 Å². The molecular formula is C13H15NO. The molecule has 2 nitrogen and oxygen atoms in total. The first-order chi connectivity index (χ1) is 7.40. The van der Waals surface area contributed by atoms with Gasteiger partial charge in [0.15, 0.2) is 0 Å². The molecule has 1 aliphatic carbocycles. The van der Waals surface area contributed by atoms with Crippen LogP contribution in [0.1, 0.15) is 17.9 Å². The molecule has 0 spiro atoms. The average Bonchev–Trinajstić information content (AvgIpc) is 2.76. The van der Waals surface area contributed by atoms with Gasteiger partial charge in [0.1, 0.15) is 5.75 Å². The van der Waals surface area contributed by atoms with E-state index in [1.165, 1.54) is 17.7 Å². The number of methoxy groups -OCH3 is 1. The van der Waals surface area contributed by atoms with Crippen LogP contribution in [0.3, 0.4) is 0 Å². The first-order valence-electron chi connectivity index (χ1n) is 5.47. The van der Waals surface area contributed by atoms with Crippen molar-refractivity contribution in [1.82, 2.24) is 0 Å². The number of allylic oxidation sites excluding steroid dienone is 2. The zero-order valence-electron chi connectivity index (χ0n) is 8.86. The fourth-order valence-corrected chi connectivity index (χ4v) is 2.69. The monoisotopic (exact) mass is 201 g/mol. The van der Waals surface area contributed by atoms with Crippen molar-refractivity contribution in [3.05, 3.63) is 35.9 Å². The van der Waals surface area contributed by atoms with Crippen LogP contribution >= 0.6 is 0 Å². The zero-order valence-corrected chi connectivity index (χ0v) is 8.86.